The van der Waals surface area contributed by atoms with Gasteiger partial charge in [-0.2, -0.15) is 0 Å². The molecule has 4 aliphatic rings. The number of nitrogens with zero attached hydrogens (tertiary/aromatic N) is 3. The third-order valence-electron chi connectivity index (χ3n) is 8.75. The van der Waals surface area contributed by atoms with Crippen LogP contribution in [-0.2, 0) is 11.3 Å². The van der Waals surface area contributed by atoms with Gasteiger partial charge in [0.2, 0.25) is 0 Å². The van der Waals surface area contributed by atoms with Gasteiger partial charge in [0.15, 0.2) is 0 Å². The Labute approximate surface area is 277 Å². The predicted octanol–water partition coefficient (Wildman–Crippen LogP) is 6.41. The summed E-state index contributed by atoms with van der Waals surface area (Å²) in [4.78, 5) is 46.1. The van der Waals surface area contributed by atoms with Crippen molar-refractivity contribution in [1.82, 2.24) is 19.8 Å². The molecule has 12 heteroatoms. The number of hydrogen-bond acceptors (Lipinski definition) is 6. The van der Waals surface area contributed by atoms with Crippen LogP contribution in [0.1, 0.15) is 96.3 Å². The van der Waals surface area contributed by atoms with E-state index in [0.717, 1.165) is 61.3 Å². The number of anilines is 1. The molecule has 9 nitrogen and oxygen atoms in total. The summed E-state index contributed by atoms with van der Waals surface area (Å²) in [6, 6.07) is 9.99. The maximum atomic E-state index is 13.7. The Balaban J connectivity index is 0.00000190. The van der Waals surface area contributed by atoms with Crippen molar-refractivity contribution in [3.05, 3.63) is 80.4 Å². The number of alkyl halides is 2. The molecule has 0 radical (unpaired) electrons. The molecule has 0 bridgehead atoms. The molecule has 2 amide bonds. The van der Waals surface area contributed by atoms with Crippen LogP contribution in [0.25, 0.3) is 11.1 Å². The first-order chi connectivity index (χ1) is 22.6. The fraction of sp³-hybridized carbons (Fsp3) is 0.486. The molecule has 1 atom stereocenters. The molecule has 2 saturated carbocycles. The lowest BCUT2D eigenvalue weighted by molar-refractivity contribution is -0.113. The van der Waals surface area contributed by atoms with Gasteiger partial charge in [0, 0.05) is 54.1 Å². The zero-order valence-electron chi connectivity index (χ0n) is 26.7. The minimum absolute atomic E-state index is 0.0274. The molecule has 1 unspecified atom stereocenters. The number of carbonyl (C=O) groups excluding carboxylic acids is 2. The van der Waals surface area contributed by atoms with Gasteiger partial charge in [0.05, 0.1) is 19.2 Å². The molecule has 2 saturated heterocycles. The maximum Gasteiger partial charge on any atom is 0.282 e. The fourth-order valence-corrected chi connectivity index (χ4v) is 6.21. The summed E-state index contributed by atoms with van der Waals surface area (Å²) in [6.07, 6.45) is 7.71. The van der Waals surface area contributed by atoms with Crippen LogP contribution in [0, 0.1) is 0 Å². The Kier molecular flexibility index (Phi) is 9.77. The van der Waals surface area contributed by atoms with Crippen molar-refractivity contribution >= 4 is 29.2 Å². The van der Waals surface area contributed by atoms with Gasteiger partial charge in [-0.25, -0.2) is 13.8 Å². The summed E-state index contributed by atoms with van der Waals surface area (Å²) < 4.78 is 34.5. The van der Waals surface area contributed by atoms with Gasteiger partial charge in [-0.1, -0.05) is 31.5 Å². The van der Waals surface area contributed by atoms with E-state index in [0.29, 0.717) is 29.2 Å². The highest BCUT2D eigenvalue weighted by atomic mass is 35.5. The van der Waals surface area contributed by atoms with E-state index in [9.17, 15) is 23.2 Å². The Morgan fingerprint density at radius 1 is 1.04 bits per heavy atom. The van der Waals surface area contributed by atoms with Crippen LogP contribution in [-0.4, -0.2) is 64.5 Å². The van der Waals surface area contributed by atoms with Gasteiger partial charge in [-0.15, -0.1) is 0 Å². The van der Waals surface area contributed by atoms with Crippen LogP contribution in [0.15, 0.2) is 47.4 Å². The van der Waals surface area contributed by atoms with E-state index < -0.39 is 30.8 Å². The third-order valence-corrected chi connectivity index (χ3v) is 8.98. The van der Waals surface area contributed by atoms with E-state index in [4.69, 9.17) is 16.3 Å². The number of likely N-dealkylation sites (tertiary alicyclic amines) is 1. The highest BCUT2D eigenvalue weighted by Crippen LogP contribution is 2.42. The van der Waals surface area contributed by atoms with Gasteiger partial charge in [-0.05, 0) is 85.5 Å². The van der Waals surface area contributed by atoms with E-state index in [2.05, 4.69) is 15.6 Å². The molecule has 2 aliphatic carbocycles. The van der Waals surface area contributed by atoms with Crippen molar-refractivity contribution in [3.8, 4) is 11.1 Å². The lowest BCUT2D eigenvalue weighted by atomic mass is 9.96. The molecule has 4 heterocycles. The van der Waals surface area contributed by atoms with Crippen LogP contribution in [0.2, 0.25) is 5.02 Å². The van der Waals surface area contributed by atoms with Crippen LogP contribution in [0.5, 0.6) is 0 Å². The normalized spacial score (nSPS) is 19.9. The summed E-state index contributed by atoms with van der Waals surface area (Å²) in [5.41, 5.74) is 2.53. The highest BCUT2D eigenvalue weighted by Gasteiger charge is 2.46. The summed E-state index contributed by atoms with van der Waals surface area (Å²) >= 11 is 6.23. The molecular formula is C35H40ClF2N5O4. The Hall–Kier alpha value is -3.67. The molecule has 47 heavy (non-hydrogen) atoms. The summed E-state index contributed by atoms with van der Waals surface area (Å²) in [5.74, 6) is -3.58. The second-order valence-electron chi connectivity index (χ2n) is 12.6. The first-order valence-electron chi connectivity index (χ1n) is 16.5. The quantitative estimate of drug-likeness (QED) is 0.259. The topological polar surface area (TPSA) is 106 Å². The van der Waals surface area contributed by atoms with Crippen molar-refractivity contribution in [2.75, 3.05) is 31.6 Å². The smallest absolute Gasteiger partial charge is 0.282 e. The van der Waals surface area contributed by atoms with Gasteiger partial charge in [-0.3, -0.25) is 14.4 Å². The Morgan fingerprint density at radius 2 is 1.81 bits per heavy atom. The Bertz CT molecular complexity index is 1710. The first-order valence-corrected chi connectivity index (χ1v) is 16.9. The number of carbonyl (C=O) groups is 2. The number of pyridine rings is 2. The van der Waals surface area contributed by atoms with Crippen LogP contribution in [0.3, 0.4) is 0 Å². The van der Waals surface area contributed by atoms with Gasteiger partial charge in [0.1, 0.15) is 11.4 Å². The SMILES string of the molecule is CC.O=C(Nc1cc(-c2ccc(Cl)cc2C(=O)N2CC(F)(F)C2)cc(C2CC2)n1)c1cc(CNCC2CCCO2)cn(C2CC2)c1=O. The molecule has 250 valence electrons. The molecular weight excluding hydrogens is 628 g/mol. The van der Waals surface area contributed by atoms with Crippen LogP contribution >= 0.6 is 11.6 Å². The van der Waals surface area contributed by atoms with Gasteiger partial charge < -0.3 is 24.8 Å². The van der Waals surface area contributed by atoms with E-state index in [1.165, 1.54) is 6.07 Å². The third kappa shape index (κ3) is 7.74. The lowest BCUT2D eigenvalue weighted by Gasteiger charge is -2.39. The largest absolute Gasteiger partial charge is 0.377 e. The zero-order valence-corrected chi connectivity index (χ0v) is 27.4. The minimum atomic E-state index is -2.91. The van der Waals surface area contributed by atoms with E-state index in [-0.39, 0.29) is 40.6 Å². The Morgan fingerprint density at radius 3 is 2.47 bits per heavy atom. The van der Waals surface area contributed by atoms with E-state index in [1.807, 2.05) is 26.1 Å². The molecule has 2 aliphatic heterocycles. The van der Waals surface area contributed by atoms with Crippen molar-refractivity contribution in [2.24, 2.45) is 0 Å². The second-order valence-corrected chi connectivity index (χ2v) is 13.0. The highest BCUT2D eigenvalue weighted by molar-refractivity contribution is 6.31. The van der Waals surface area contributed by atoms with Crippen LogP contribution in [0.4, 0.5) is 14.6 Å². The molecule has 2 aromatic heterocycles. The molecule has 2 N–H and O–H groups in total. The minimum Gasteiger partial charge on any atom is -0.377 e. The number of halogens is 3. The van der Waals surface area contributed by atoms with Gasteiger partial charge in [0.25, 0.3) is 23.3 Å². The number of hydrogen-bond donors (Lipinski definition) is 2. The standard InChI is InChI=1S/C33H34ClF2N5O4.C2H6/c34-22-5-8-25(26(13-22)31(43)40-17-33(35,36)18-40)21-11-28(20-3-4-20)38-29(12-21)39-30(42)27-10-19(14-37-15-24-2-1-9-45-24)16-41(32(27)44)23-6-7-23;1-2/h5,8,10-13,16,20,23-24,37H,1-4,6-7,9,14-15,17-18H2,(H,38,39,42);1-2H3. The average molecular weight is 668 g/mol. The second kappa shape index (κ2) is 13.8. The monoisotopic (exact) mass is 667 g/mol. The molecule has 4 fully saturated rings. The number of ether oxygens (including phenoxy) is 1. The zero-order chi connectivity index (χ0) is 33.3. The van der Waals surface area contributed by atoms with E-state index >= 15 is 0 Å². The number of rotatable bonds is 10. The van der Waals surface area contributed by atoms with Crippen LogP contribution < -0.4 is 16.2 Å². The number of aromatic nitrogens is 2. The van der Waals surface area contributed by atoms with Gasteiger partial charge >= 0.3 is 0 Å². The van der Waals surface area contributed by atoms with Crippen molar-refractivity contribution < 1.29 is 23.1 Å². The summed E-state index contributed by atoms with van der Waals surface area (Å²) in [7, 11) is 0. The van der Waals surface area contributed by atoms with E-state index in [1.54, 1.807) is 28.8 Å². The van der Waals surface area contributed by atoms with Crippen molar-refractivity contribution in [2.45, 2.75) is 82.9 Å². The van der Waals surface area contributed by atoms with Crippen molar-refractivity contribution in [1.29, 1.82) is 0 Å². The summed E-state index contributed by atoms with van der Waals surface area (Å²) in [6.45, 7) is 4.66. The molecule has 3 aromatic rings. The fourth-order valence-electron chi connectivity index (χ4n) is 6.04. The number of amides is 2. The molecule has 7 rings (SSSR count). The van der Waals surface area contributed by atoms with Crippen molar-refractivity contribution in [3.63, 3.8) is 0 Å². The number of nitrogens with one attached hydrogen (secondary N) is 2. The average Bonchev–Trinajstić information content (AvgIpc) is 3.99. The molecule has 1 aromatic carbocycles. The first kappa shape index (κ1) is 33.2. The summed E-state index contributed by atoms with van der Waals surface area (Å²) in [5, 5.41) is 6.53. The molecule has 0 spiro atoms. The maximum absolute atomic E-state index is 13.7. The lowest BCUT2D eigenvalue weighted by Crippen LogP contribution is -2.58. The number of benzene rings is 1. The predicted molar refractivity (Wildman–Crippen MR) is 176 cm³/mol.